The number of piperidine rings is 1. The summed E-state index contributed by atoms with van der Waals surface area (Å²) in [6.07, 6.45) is -4.09. The van der Waals surface area contributed by atoms with Gasteiger partial charge in [0.15, 0.2) is 9.84 Å². The molecule has 0 aromatic heterocycles. The van der Waals surface area contributed by atoms with E-state index in [1.807, 2.05) is 0 Å². The van der Waals surface area contributed by atoms with Gasteiger partial charge in [-0.1, -0.05) is 0 Å². The van der Waals surface area contributed by atoms with Crippen LogP contribution in [0.5, 0.6) is 0 Å². The number of hydrogen-bond donors (Lipinski definition) is 1. The molecular formula is C15H13F3N2O5S. The summed E-state index contributed by atoms with van der Waals surface area (Å²) < 4.78 is 63.2. The Balaban J connectivity index is 2.09. The number of benzene rings is 1. The molecule has 26 heavy (non-hydrogen) atoms. The van der Waals surface area contributed by atoms with Gasteiger partial charge in [0, 0.05) is 30.3 Å². The molecule has 0 bridgehead atoms. The molecule has 1 aromatic rings. The van der Waals surface area contributed by atoms with E-state index in [-0.39, 0.29) is 24.9 Å². The zero-order chi connectivity index (χ0) is 19.4. The van der Waals surface area contributed by atoms with E-state index in [4.69, 9.17) is 0 Å². The topological polar surface area (TPSA) is 101 Å². The minimum Gasteiger partial charge on any atom is -0.322 e. The number of amides is 3. The predicted octanol–water partition coefficient (Wildman–Crippen LogP) is 0.870. The van der Waals surface area contributed by atoms with Crippen molar-refractivity contribution in [1.82, 2.24) is 10.2 Å². The van der Waals surface area contributed by atoms with Gasteiger partial charge in [0.2, 0.25) is 11.8 Å². The Hall–Kier alpha value is -2.43. The van der Waals surface area contributed by atoms with Gasteiger partial charge in [0.1, 0.15) is 6.04 Å². The second kappa shape index (κ2) is 5.79. The Kier molecular flexibility index (Phi) is 4.09. The van der Waals surface area contributed by atoms with Crippen molar-refractivity contribution in [2.45, 2.75) is 36.5 Å². The molecule has 140 valence electrons. The molecule has 2 aliphatic heterocycles. The summed E-state index contributed by atoms with van der Waals surface area (Å²) in [6.45, 7) is -0.318. The highest BCUT2D eigenvalue weighted by molar-refractivity contribution is 7.90. The van der Waals surface area contributed by atoms with Crippen LogP contribution in [0.4, 0.5) is 13.2 Å². The third-order valence-electron chi connectivity index (χ3n) is 4.34. The molecule has 1 unspecified atom stereocenters. The average molecular weight is 390 g/mol. The van der Waals surface area contributed by atoms with Crippen molar-refractivity contribution in [3.05, 3.63) is 28.8 Å². The number of fused-ring (bicyclic) bond motifs is 1. The minimum absolute atomic E-state index is 0.0186. The monoisotopic (exact) mass is 390 g/mol. The molecule has 1 N–H and O–H groups in total. The molecule has 11 heteroatoms. The van der Waals surface area contributed by atoms with E-state index in [9.17, 15) is 36.0 Å². The molecule has 1 atom stereocenters. The van der Waals surface area contributed by atoms with Gasteiger partial charge in [-0.15, -0.1) is 0 Å². The molecule has 0 saturated carbocycles. The zero-order valence-corrected chi connectivity index (χ0v) is 14.2. The first-order valence-corrected chi connectivity index (χ1v) is 9.37. The lowest BCUT2D eigenvalue weighted by Crippen LogP contribution is -2.52. The molecule has 2 aliphatic rings. The SMILES string of the molecule is CS(=O)(=O)c1cc(C(F)(F)F)cc2c1CN(C1CCC(=O)NC1=O)C2=O. The average Bonchev–Trinajstić information content (AvgIpc) is 2.81. The van der Waals surface area contributed by atoms with E-state index in [1.165, 1.54) is 0 Å². The highest BCUT2D eigenvalue weighted by Crippen LogP contribution is 2.38. The lowest BCUT2D eigenvalue weighted by molar-refractivity contribution is -0.138. The molecule has 3 amide bonds. The largest absolute Gasteiger partial charge is 0.416 e. The highest BCUT2D eigenvalue weighted by Gasteiger charge is 2.43. The van der Waals surface area contributed by atoms with Gasteiger partial charge in [-0.05, 0) is 18.6 Å². The van der Waals surface area contributed by atoms with Gasteiger partial charge >= 0.3 is 6.18 Å². The summed E-state index contributed by atoms with van der Waals surface area (Å²) in [5, 5.41) is 2.06. The first kappa shape index (κ1) is 18.4. The molecule has 2 heterocycles. The first-order chi connectivity index (χ1) is 11.9. The summed E-state index contributed by atoms with van der Waals surface area (Å²) >= 11 is 0. The molecule has 0 radical (unpaired) electrons. The maximum atomic E-state index is 13.1. The number of nitrogens with one attached hydrogen (secondary N) is 1. The fourth-order valence-electron chi connectivity index (χ4n) is 3.12. The third-order valence-corrected chi connectivity index (χ3v) is 5.51. The van der Waals surface area contributed by atoms with E-state index < -0.39 is 55.8 Å². The third kappa shape index (κ3) is 3.06. The van der Waals surface area contributed by atoms with Crippen LogP contribution in [0.25, 0.3) is 0 Å². The summed E-state index contributed by atoms with van der Waals surface area (Å²) in [6, 6.07) is 0.0440. The van der Waals surface area contributed by atoms with Gasteiger partial charge in [-0.25, -0.2) is 8.42 Å². The number of carbonyl (C=O) groups excluding carboxylic acids is 3. The lowest BCUT2D eigenvalue weighted by Gasteiger charge is -2.29. The Morgan fingerprint density at radius 3 is 2.38 bits per heavy atom. The van der Waals surface area contributed by atoms with Gasteiger partial charge in [-0.3, -0.25) is 19.7 Å². The Morgan fingerprint density at radius 1 is 1.19 bits per heavy atom. The first-order valence-electron chi connectivity index (χ1n) is 7.48. The van der Waals surface area contributed by atoms with Crippen LogP contribution >= 0.6 is 0 Å². The number of alkyl halides is 3. The second-order valence-corrected chi connectivity index (χ2v) is 8.15. The standard InChI is InChI=1S/C15H13F3N2O5S/c1-26(24,25)11-5-7(15(16,17)18)4-8-9(11)6-20(14(8)23)10-2-3-12(21)19-13(10)22/h4-5,10H,2-3,6H2,1H3,(H,19,21,22). The predicted molar refractivity (Wildman–Crippen MR) is 80.6 cm³/mol. The Labute approximate surface area is 146 Å². The fourth-order valence-corrected chi connectivity index (χ4v) is 4.08. The minimum atomic E-state index is -4.84. The van der Waals surface area contributed by atoms with E-state index >= 15 is 0 Å². The van der Waals surface area contributed by atoms with Crippen LogP contribution in [0.3, 0.4) is 0 Å². The zero-order valence-electron chi connectivity index (χ0n) is 13.4. The maximum absolute atomic E-state index is 13.1. The summed E-state index contributed by atoms with van der Waals surface area (Å²) in [7, 11) is -4.04. The van der Waals surface area contributed by atoms with Crippen molar-refractivity contribution in [3.8, 4) is 0 Å². The number of hydrogen-bond acceptors (Lipinski definition) is 5. The summed E-state index contributed by atoms with van der Waals surface area (Å²) in [5.74, 6) is -2.11. The molecule has 0 spiro atoms. The van der Waals surface area contributed by atoms with Crippen LogP contribution < -0.4 is 5.32 Å². The van der Waals surface area contributed by atoms with Gasteiger partial charge < -0.3 is 4.90 Å². The van der Waals surface area contributed by atoms with Gasteiger partial charge in [-0.2, -0.15) is 13.2 Å². The van der Waals surface area contributed by atoms with Crippen molar-refractivity contribution < 1.29 is 36.0 Å². The Morgan fingerprint density at radius 2 is 1.85 bits per heavy atom. The number of nitrogens with zero attached hydrogens (tertiary/aromatic N) is 1. The number of imide groups is 1. The molecule has 1 fully saturated rings. The van der Waals surface area contributed by atoms with E-state index in [0.717, 1.165) is 11.2 Å². The molecular weight excluding hydrogens is 377 g/mol. The number of sulfone groups is 1. The highest BCUT2D eigenvalue weighted by atomic mass is 32.2. The Bertz CT molecular complexity index is 939. The lowest BCUT2D eigenvalue weighted by atomic mass is 10.0. The molecule has 0 aliphatic carbocycles. The molecule has 7 nitrogen and oxygen atoms in total. The number of halogens is 3. The number of carbonyl (C=O) groups is 3. The van der Waals surface area contributed by atoms with Crippen molar-refractivity contribution in [3.63, 3.8) is 0 Å². The quantitative estimate of drug-likeness (QED) is 0.756. The smallest absolute Gasteiger partial charge is 0.322 e. The molecule has 1 saturated heterocycles. The summed E-state index contributed by atoms with van der Waals surface area (Å²) in [4.78, 5) is 36.2. The van der Waals surface area contributed by atoms with Gasteiger partial charge in [0.05, 0.1) is 10.5 Å². The van der Waals surface area contributed by atoms with Crippen molar-refractivity contribution >= 4 is 27.6 Å². The summed E-state index contributed by atoms with van der Waals surface area (Å²) in [5.41, 5.74) is -1.73. The number of rotatable bonds is 2. The van der Waals surface area contributed by atoms with Gasteiger partial charge in [0.25, 0.3) is 5.91 Å². The molecule has 1 aromatic carbocycles. The maximum Gasteiger partial charge on any atom is 0.416 e. The molecule has 3 rings (SSSR count). The van der Waals surface area contributed by atoms with E-state index in [1.54, 1.807) is 0 Å². The fraction of sp³-hybridized carbons (Fsp3) is 0.400. The van der Waals surface area contributed by atoms with E-state index in [2.05, 4.69) is 5.32 Å². The second-order valence-electron chi connectivity index (χ2n) is 6.17. The normalized spacial score (nSPS) is 21.0. The van der Waals surface area contributed by atoms with Crippen LogP contribution in [-0.4, -0.2) is 43.3 Å². The van der Waals surface area contributed by atoms with E-state index in [0.29, 0.717) is 12.1 Å². The van der Waals surface area contributed by atoms with Crippen molar-refractivity contribution in [2.24, 2.45) is 0 Å². The van der Waals surface area contributed by atoms with Crippen LogP contribution in [-0.2, 0) is 32.1 Å². The van der Waals surface area contributed by atoms with Crippen LogP contribution in [0.1, 0.15) is 34.3 Å². The van der Waals surface area contributed by atoms with Crippen molar-refractivity contribution in [2.75, 3.05) is 6.26 Å². The van der Waals surface area contributed by atoms with Crippen LogP contribution in [0, 0.1) is 0 Å². The van der Waals surface area contributed by atoms with Crippen molar-refractivity contribution in [1.29, 1.82) is 0 Å². The van der Waals surface area contributed by atoms with Crippen LogP contribution in [0.2, 0.25) is 0 Å². The van der Waals surface area contributed by atoms with Crippen LogP contribution in [0.15, 0.2) is 17.0 Å².